The predicted octanol–water partition coefficient (Wildman–Crippen LogP) is 3.03. The first-order chi connectivity index (χ1) is 9.67. The highest BCUT2D eigenvalue weighted by molar-refractivity contribution is 5.98. The van der Waals surface area contributed by atoms with Crippen molar-refractivity contribution < 1.29 is 13.9 Å². The van der Waals surface area contributed by atoms with Gasteiger partial charge in [0.25, 0.3) is 0 Å². The van der Waals surface area contributed by atoms with Crippen LogP contribution < -0.4 is 0 Å². The molecule has 0 spiro atoms. The molecule has 4 heteroatoms. The first kappa shape index (κ1) is 13.3. The average molecular weight is 273 g/mol. The number of hydrogen-bond acceptors (Lipinski definition) is 3. The molecule has 0 aromatic heterocycles. The van der Waals surface area contributed by atoms with Gasteiger partial charge < -0.3 is 4.74 Å². The number of nitriles is 1. The Hall–Kier alpha value is -1.73. The van der Waals surface area contributed by atoms with Crippen molar-refractivity contribution in [2.24, 2.45) is 5.92 Å². The van der Waals surface area contributed by atoms with E-state index in [-0.39, 0.29) is 30.3 Å². The molecule has 2 fully saturated rings. The lowest BCUT2D eigenvalue weighted by molar-refractivity contribution is -0.0149. The third kappa shape index (κ3) is 2.46. The molecule has 0 amide bonds. The van der Waals surface area contributed by atoms with Gasteiger partial charge in [-0.05, 0) is 43.9 Å². The van der Waals surface area contributed by atoms with Crippen molar-refractivity contribution in [3.05, 3.63) is 35.1 Å². The predicted molar refractivity (Wildman–Crippen MR) is 70.7 cm³/mol. The molecular weight excluding hydrogens is 257 g/mol. The molecule has 2 atom stereocenters. The summed E-state index contributed by atoms with van der Waals surface area (Å²) >= 11 is 0. The van der Waals surface area contributed by atoms with Gasteiger partial charge in [-0.25, -0.2) is 4.39 Å². The average Bonchev–Trinajstić information content (AvgIpc) is 2.79. The monoisotopic (exact) mass is 273 g/mol. The number of rotatable bonds is 3. The zero-order valence-electron chi connectivity index (χ0n) is 11.1. The van der Waals surface area contributed by atoms with Crippen molar-refractivity contribution in [1.29, 1.82) is 5.26 Å². The summed E-state index contributed by atoms with van der Waals surface area (Å²) in [5, 5.41) is 8.68. The molecule has 1 aromatic carbocycles. The van der Waals surface area contributed by atoms with E-state index in [2.05, 4.69) is 0 Å². The van der Waals surface area contributed by atoms with Crippen LogP contribution in [-0.2, 0) is 11.2 Å². The van der Waals surface area contributed by atoms with E-state index in [4.69, 9.17) is 10.00 Å². The maximum absolute atomic E-state index is 13.5. The molecule has 104 valence electrons. The summed E-state index contributed by atoms with van der Waals surface area (Å²) in [7, 11) is 0. The Morgan fingerprint density at radius 3 is 2.70 bits per heavy atom. The molecule has 0 aliphatic carbocycles. The Labute approximate surface area is 117 Å². The second-order valence-corrected chi connectivity index (χ2v) is 5.63. The molecule has 1 aromatic rings. The fourth-order valence-corrected chi connectivity index (χ4v) is 3.26. The third-order valence-corrected chi connectivity index (χ3v) is 4.26. The smallest absolute Gasteiger partial charge is 0.166 e. The highest BCUT2D eigenvalue weighted by Gasteiger charge is 2.38. The molecule has 20 heavy (non-hydrogen) atoms. The van der Waals surface area contributed by atoms with Gasteiger partial charge in [0, 0.05) is 17.0 Å². The van der Waals surface area contributed by atoms with Gasteiger partial charge in [0.2, 0.25) is 0 Å². The van der Waals surface area contributed by atoms with Crippen LogP contribution in [0.5, 0.6) is 0 Å². The molecule has 3 rings (SSSR count). The third-order valence-electron chi connectivity index (χ3n) is 4.26. The van der Waals surface area contributed by atoms with Crippen LogP contribution in [0.1, 0.15) is 41.6 Å². The largest absolute Gasteiger partial charge is 0.375 e. The van der Waals surface area contributed by atoms with E-state index >= 15 is 0 Å². The fourth-order valence-electron chi connectivity index (χ4n) is 3.26. The number of carbonyl (C=O) groups excluding carboxylic acids is 1. The van der Waals surface area contributed by atoms with E-state index in [0.29, 0.717) is 11.1 Å². The number of hydrogen-bond donors (Lipinski definition) is 0. The Morgan fingerprint density at radius 1 is 1.35 bits per heavy atom. The number of benzene rings is 1. The summed E-state index contributed by atoms with van der Waals surface area (Å²) in [5.74, 6) is -0.388. The number of ketones is 1. The summed E-state index contributed by atoms with van der Waals surface area (Å²) in [6.07, 6.45) is 4.02. The Bertz CT molecular complexity index is 566. The van der Waals surface area contributed by atoms with E-state index in [9.17, 15) is 9.18 Å². The zero-order valence-corrected chi connectivity index (χ0v) is 11.1. The zero-order chi connectivity index (χ0) is 14.1. The minimum Gasteiger partial charge on any atom is -0.375 e. The van der Waals surface area contributed by atoms with Crippen molar-refractivity contribution in [2.45, 2.75) is 44.3 Å². The van der Waals surface area contributed by atoms with E-state index in [1.165, 1.54) is 18.2 Å². The molecule has 3 nitrogen and oxygen atoms in total. The lowest BCUT2D eigenvalue weighted by Crippen LogP contribution is -2.30. The van der Waals surface area contributed by atoms with Gasteiger partial charge in [0.1, 0.15) is 5.82 Å². The van der Waals surface area contributed by atoms with Gasteiger partial charge in [0.15, 0.2) is 5.78 Å². The van der Waals surface area contributed by atoms with Crippen molar-refractivity contribution in [3.63, 3.8) is 0 Å². The summed E-state index contributed by atoms with van der Waals surface area (Å²) in [5.41, 5.74) is 0.816. The minimum absolute atomic E-state index is 0.00796. The highest BCUT2D eigenvalue weighted by Crippen LogP contribution is 2.37. The fraction of sp³-hybridized carbons (Fsp3) is 0.500. The lowest BCUT2D eigenvalue weighted by Gasteiger charge is -2.27. The van der Waals surface area contributed by atoms with Crippen LogP contribution in [0.15, 0.2) is 18.2 Å². The van der Waals surface area contributed by atoms with Crippen molar-refractivity contribution >= 4 is 5.78 Å². The number of nitrogens with zero attached hydrogens (tertiary/aromatic N) is 1. The quantitative estimate of drug-likeness (QED) is 0.795. The SMILES string of the molecule is N#CCc1cc(C(=O)C2CC3CCC(C2)O3)ccc1F. The first-order valence-electron chi connectivity index (χ1n) is 7.02. The van der Waals surface area contributed by atoms with Crippen LogP contribution >= 0.6 is 0 Å². The molecule has 0 radical (unpaired) electrons. The van der Waals surface area contributed by atoms with Crippen LogP contribution in [0.25, 0.3) is 0 Å². The van der Waals surface area contributed by atoms with Crippen LogP contribution in [0.2, 0.25) is 0 Å². The molecule has 2 unspecified atom stereocenters. The van der Waals surface area contributed by atoms with Crippen LogP contribution in [0.3, 0.4) is 0 Å². The number of halogens is 1. The number of fused-ring (bicyclic) bond motifs is 2. The number of carbonyl (C=O) groups is 1. The van der Waals surface area contributed by atoms with Gasteiger partial charge in [-0.2, -0.15) is 5.26 Å². The lowest BCUT2D eigenvalue weighted by atomic mass is 9.87. The maximum Gasteiger partial charge on any atom is 0.166 e. The summed E-state index contributed by atoms with van der Waals surface area (Å²) < 4.78 is 19.3. The van der Waals surface area contributed by atoms with Crippen molar-refractivity contribution in [2.75, 3.05) is 0 Å². The van der Waals surface area contributed by atoms with Crippen LogP contribution in [0, 0.1) is 23.1 Å². The number of ether oxygens (including phenoxy) is 1. The Kier molecular flexibility index (Phi) is 3.54. The molecule has 2 heterocycles. The summed E-state index contributed by atoms with van der Waals surface area (Å²) in [6.45, 7) is 0. The van der Waals surface area contributed by atoms with Crippen molar-refractivity contribution in [1.82, 2.24) is 0 Å². The molecule has 2 aliphatic heterocycles. The van der Waals surface area contributed by atoms with Gasteiger partial charge >= 0.3 is 0 Å². The number of Topliss-reactive ketones (excluding diaryl/α,β-unsaturated/α-hetero) is 1. The minimum atomic E-state index is -0.421. The Morgan fingerprint density at radius 2 is 2.05 bits per heavy atom. The second kappa shape index (κ2) is 5.34. The Balaban J connectivity index is 1.80. The van der Waals surface area contributed by atoms with Crippen LogP contribution in [-0.4, -0.2) is 18.0 Å². The molecule has 2 bridgehead atoms. The topological polar surface area (TPSA) is 50.1 Å². The van der Waals surface area contributed by atoms with E-state index in [1.807, 2.05) is 6.07 Å². The van der Waals surface area contributed by atoms with Gasteiger partial charge in [0.05, 0.1) is 24.7 Å². The highest BCUT2D eigenvalue weighted by atomic mass is 19.1. The molecule has 0 saturated carbocycles. The molecule has 2 saturated heterocycles. The second-order valence-electron chi connectivity index (χ2n) is 5.63. The van der Waals surface area contributed by atoms with Crippen molar-refractivity contribution in [3.8, 4) is 6.07 Å². The summed E-state index contributed by atoms with van der Waals surface area (Å²) in [4.78, 5) is 12.5. The first-order valence-corrected chi connectivity index (χ1v) is 7.02. The molecular formula is C16H16FNO2. The van der Waals surface area contributed by atoms with Gasteiger partial charge in [-0.15, -0.1) is 0 Å². The standard InChI is InChI=1S/C16H16FNO2/c17-15-4-1-11(7-10(15)5-6-18)16(19)12-8-13-2-3-14(9-12)20-13/h1,4,7,12-14H,2-3,5,8-9H2. The van der Waals surface area contributed by atoms with Gasteiger partial charge in [-0.1, -0.05) is 0 Å². The normalized spacial score (nSPS) is 28.1. The summed E-state index contributed by atoms with van der Waals surface area (Å²) in [6, 6.07) is 6.26. The maximum atomic E-state index is 13.5. The van der Waals surface area contributed by atoms with Gasteiger partial charge in [-0.3, -0.25) is 4.79 Å². The van der Waals surface area contributed by atoms with E-state index < -0.39 is 5.82 Å². The van der Waals surface area contributed by atoms with E-state index in [0.717, 1.165) is 25.7 Å². The van der Waals surface area contributed by atoms with Crippen LogP contribution in [0.4, 0.5) is 4.39 Å². The molecule has 2 aliphatic rings. The van der Waals surface area contributed by atoms with E-state index in [1.54, 1.807) is 0 Å². The molecule has 0 N–H and O–H groups in total.